The molecule has 36 heavy (non-hydrogen) atoms. The summed E-state index contributed by atoms with van der Waals surface area (Å²) in [5.41, 5.74) is 0.824. The Bertz CT molecular complexity index is 1170. The molecule has 10 heteroatoms. The smallest absolute Gasteiger partial charge is 0.409 e. The van der Waals surface area contributed by atoms with Crippen LogP contribution in [0.5, 0.6) is 11.5 Å². The molecule has 2 fully saturated rings. The van der Waals surface area contributed by atoms with E-state index in [0.29, 0.717) is 43.0 Å². The van der Waals surface area contributed by atoms with Crippen molar-refractivity contribution in [1.29, 1.82) is 0 Å². The zero-order valence-electron chi connectivity index (χ0n) is 20.5. The summed E-state index contributed by atoms with van der Waals surface area (Å²) in [7, 11) is 2.95. The molecule has 0 radical (unpaired) electrons. The fourth-order valence-corrected chi connectivity index (χ4v) is 4.77. The van der Waals surface area contributed by atoms with E-state index in [1.54, 1.807) is 54.5 Å². The van der Waals surface area contributed by atoms with Gasteiger partial charge in [0.15, 0.2) is 0 Å². The predicted octanol–water partition coefficient (Wildman–Crippen LogP) is 3.14. The van der Waals surface area contributed by atoms with Crippen molar-refractivity contribution in [2.24, 2.45) is 0 Å². The standard InChI is InChI=1S/C26H29N3O7/c1-4-36-26(33)28-12-9-17(10-13-28)29-22(16-6-5-11-27-15-16)21(24(31)25(29)32)23(30)19-8-7-18(34-2)14-20(19)35-3/h5-8,11,14-15,17,22,30H,4,9-10,12-13H2,1-3H3/b23-21+. The number of rotatable bonds is 6. The second-order valence-corrected chi connectivity index (χ2v) is 8.48. The topological polar surface area (TPSA) is 119 Å². The third-order valence-electron chi connectivity index (χ3n) is 6.53. The van der Waals surface area contributed by atoms with E-state index in [4.69, 9.17) is 14.2 Å². The van der Waals surface area contributed by atoms with Crippen LogP contribution in [0.15, 0.2) is 48.3 Å². The summed E-state index contributed by atoms with van der Waals surface area (Å²) in [4.78, 5) is 46.1. The Morgan fingerprint density at radius 2 is 1.89 bits per heavy atom. The molecule has 2 aliphatic rings. The normalized spacial score (nSPS) is 19.9. The summed E-state index contributed by atoms with van der Waals surface area (Å²) < 4.78 is 15.7. The van der Waals surface area contributed by atoms with Gasteiger partial charge in [0.1, 0.15) is 17.3 Å². The van der Waals surface area contributed by atoms with Gasteiger partial charge in [0.2, 0.25) is 0 Å². The number of nitrogens with zero attached hydrogens (tertiary/aromatic N) is 3. The number of aliphatic hydroxyl groups excluding tert-OH is 1. The largest absolute Gasteiger partial charge is 0.507 e. The first-order chi connectivity index (χ1) is 17.4. The highest BCUT2D eigenvalue weighted by Crippen LogP contribution is 2.43. The number of methoxy groups -OCH3 is 2. The van der Waals surface area contributed by atoms with Gasteiger partial charge in [-0.2, -0.15) is 0 Å². The number of ketones is 1. The quantitative estimate of drug-likeness (QED) is 0.369. The number of Topliss-reactive ketones (excluding diaryl/α,β-unsaturated/α-hetero) is 1. The highest BCUT2D eigenvalue weighted by Gasteiger charge is 2.49. The van der Waals surface area contributed by atoms with Gasteiger partial charge in [-0.25, -0.2) is 4.79 Å². The number of aromatic nitrogens is 1. The number of carbonyl (C=O) groups is 3. The number of amides is 2. The molecule has 2 aromatic rings. The Morgan fingerprint density at radius 1 is 1.14 bits per heavy atom. The van der Waals surface area contributed by atoms with Crippen LogP contribution < -0.4 is 9.47 Å². The lowest BCUT2D eigenvalue weighted by molar-refractivity contribution is -0.142. The maximum Gasteiger partial charge on any atom is 0.409 e. The second kappa shape index (κ2) is 10.7. The van der Waals surface area contributed by atoms with E-state index in [2.05, 4.69) is 4.98 Å². The maximum absolute atomic E-state index is 13.4. The lowest BCUT2D eigenvalue weighted by atomic mass is 9.94. The SMILES string of the molecule is CCOC(=O)N1CCC(N2C(=O)C(=O)/C(=C(/O)c3ccc(OC)cc3OC)C2c2cccnc2)CC1. The van der Waals surface area contributed by atoms with Crippen LogP contribution in [0.2, 0.25) is 0 Å². The number of piperidine rings is 1. The summed E-state index contributed by atoms with van der Waals surface area (Å²) in [5, 5.41) is 11.4. The van der Waals surface area contributed by atoms with E-state index < -0.39 is 23.8 Å². The molecule has 2 aliphatic heterocycles. The van der Waals surface area contributed by atoms with Crippen LogP contribution in [0, 0.1) is 0 Å². The van der Waals surface area contributed by atoms with Crippen molar-refractivity contribution in [3.8, 4) is 11.5 Å². The molecular formula is C26H29N3O7. The number of pyridine rings is 1. The molecule has 1 unspecified atom stereocenters. The highest BCUT2D eigenvalue weighted by atomic mass is 16.6. The molecule has 1 atom stereocenters. The van der Waals surface area contributed by atoms with Crippen molar-refractivity contribution in [3.63, 3.8) is 0 Å². The summed E-state index contributed by atoms with van der Waals surface area (Å²) in [5.74, 6) is -1.01. The fraction of sp³-hybridized carbons (Fsp3) is 0.385. The Balaban J connectivity index is 1.75. The molecule has 4 rings (SSSR count). The summed E-state index contributed by atoms with van der Waals surface area (Å²) in [6.45, 7) is 2.80. The van der Waals surface area contributed by atoms with Crippen LogP contribution in [0.3, 0.4) is 0 Å². The van der Waals surface area contributed by atoms with Crippen molar-refractivity contribution in [1.82, 2.24) is 14.8 Å². The van der Waals surface area contributed by atoms with E-state index >= 15 is 0 Å². The number of benzene rings is 1. The molecule has 10 nitrogen and oxygen atoms in total. The van der Waals surface area contributed by atoms with Gasteiger partial charge in [-0.05, 0) is 43.5 Å². The van der Waals surface area contributed by atoms with Gasteiger partial charge in [-0.15, -0.1) is 0 Å². The molecule has 2 saturated heterocycles. The minimum absolute atomic E-state index is 0.0377. The zero-order valence-corrected chi connectivity index (χ0v) is 20.5. The zero-order chi connectivity index (χ0) is 25.8. The number of carbonyl (C=O) groups excluding carboxylic acids is 3. The van der Waals surface area contributed by atoms with Gasteiger partial charge in [-0.1, -0.05) is 6.07 Å². The number of ether oxygens (including phenoxy) is 3. The van der Waals surface area contributed by atoms with E-state index in [1.165, 1.54) is 19.1 Å². The third kappa shape index (κ3) is 4.58. The first-order valence-corrected chi connectivity index (χ1v) is 11.7. The van der Waals surface area contributed by atoms with E-state index in [-0.39, 0.29) is 29.5 Å². The van der Waals surface area contributed by atoms with Crippen LogP contribution in [-0.4, -0.2) is 77.6 Å². The molecule has 0 spiro atoms. The van der Waals surface area contributed by atoms with Crippen molar-refractivity contribution < 1.29 is 33.7 Å². The average Bonchev–Trinajstić information content (AvgIpc) is 3.18. The average molecular weight is 496 g/mol. The number of hydrogen-bond donors (Lipinski definition) is 1. The highest BCUT2D eigenvalue weighted by molar-refractivity contribution is 6.46. The fourth-order valence-electron chi connectivity index (χ4n) is 4.77. The first-order valence-electron chi connectivity index (χ1n) is 11.7. The molecule has 0 bridgehead atoms. The van der Waals surface area contributed by atoms with Crippen LogP contribution >= 0.6 is 0 Å². The van der Waals surface area contributed by atoms with E-state index in [9.17, 15) is 19.5 Å². The van der Waals surface area contributed by atoms with Crippen LogP contribution in [0.25, 0.3) is 5.76 Å². The molecular weight excluding hydrogens is 466 g/mol. The number of aliphatic hydroxyl groups is 1. The lowest BCUT2D eigenvalue weighted by Crippen LogP contribution is -2.48. The van der Waals surface area contributed by atoms with Gasteiger partial charge < -0.3 is 29.1 Å². The molecule has 0 aliphatic carbocycles. The Morgan fingerprint density at radius 3 is 2.50 bits per heavy atom. The molecule has 3 heterocycles. The molecule has 190 valence electrons. The third-order valence-corrected chi connectivity index (χ3v) is 6.53. The Hall–Kier alpha value is -4.08. The molecule has 1 N–H and O–H groups in total. The van der Waals surface area contributed by atoms with Crippen molar-refractivity contribution in [2.75, 3.05) is 33.9 Å². The van der Waals surface area contributed by atoms with Crippen LogP contribution in [-0.2, 0) is 14.3 Å². The molecule has 1 aromatic heterocycles. The van der Waals surface area contributed by atoms with Gasteiger partial charge in [0.25, 0.3) is 11.7 Å². The van der Waals surface area contributed by atoms with Gasteiger partial charge in [-0.3, -0.25) is 14.6 Å². The lowest BCUT2D eigenvalue weighted by Gasteiger charge is -2.38. The van der Waals surface area contributed by atoms with Crippen molar-refractivity contribution >= 4 is 23.5 Å². The summed E-state index contributed by atoms with van der Waals surface area (Å²) in [6.07, 6.45) is 3.71. The minimum Gasteiger partial charge on any atom is -0.507 e. The van der Waals surface area contributed by atoms with Crippen molar-refractivity contribution in [2.45, 2.75) is 31.8 Å². The van der Waals surface area contributed by atoms with Gasteiger partial charge in [0, 0.05) is 37.6 Å². The van der Waals surface area contributed by atoms with Crippen molar-refractivity contribution in [3.05, 3.63) is 59.4 Å². The summed E-state index contributed by atoms with van der Waals surface area (Å²) in [6, 6.07) is 7.13. The summed E-state index contributed by atoms with van der Waals surface area (Å²) >= 11 is 0. The van der Waals surface area contributed by atoms with Crippen LogP contribution in [0.1, 0.15) is 36.9 Å². The Kier molecular flexibility index (Phi) is 7.42. The molecule has 1 aromatic carbocycles. The Labute approximate surface area is 209 Å². The molecule has 2 amide bonds. The number of hydrogen-bond acceptors (Lipinski definition) is 8. The monoisotopic (exact) mass is 495 g/mol. The van der Waals surface area contributed by atoms with Gasteiger partial charge in [0.05, 0.1) is 38.0 Å². The van der Waals surface area contributed by atoms with Crippen LogP contribution in [0.4, 0.5) is 4.79 Å². The number of likely N-dealkylation sites (tertiary alicyclic amines) is 2. The van der Waals surface area contributed by atoms with E-state index in [1.807, 2.05) is 0 Å². The van der Waals surface area contributed by atoms with Gasteiger partial charge >= 0.3 is 6.09 Å². The van der Waals surface area contributed by atoms with E-state index in [0.717, 1.165) is 0 Å². The predicted molar refractivity (Wildman–Crippen MR) is 130 cm³/mol. The first kappa shape index (κ1) is 25.0. The minimum atomic E-state index is -0.843. The second-order valence-electron chi connectivity index (χ2n) is 8.48. The molecule has 0 saturated carbocycles. The maximum atomic E-state index is 13.4.